The van der Waals surface area contributed by atoms with Crippen molar-refractivity contribution in [3.63, 3.8) is 0 Å². The Morgan fingerprint density at radius 1 is 1.18 bits per heavy atom. The molecule has 1 atom stereocenters. The molecular weight excluding hydrogens is 300 g/mol. The zero-order valence-corrected chi connectivity index (χ0v) is 13.0. The Balaban J connectivity index is 1.95. The van der Waals surface area contributed by atoms with Crippen LogP contribution < -0.4 is 10.6 Å². The molecule has 0 aliphatic rings. The molecule has 116 valence electrons. The molecule has 1 unspecified atom stereocenters. The third kappa shape index (κ3) is 4.41. The lowest BCUT2D eigenvalue weighted by Gasteiger charge is -2.12. The van der Waals surface area contributed by atoms with E-state index in [1.165, 1.54) is 11.3 Å². The number of aliphatic hydroxyl groups is 1. The van der Waals surface area contributed by atoms with E-state index < -0.39 is 0 Å². The van der Waals surface area contributed by atoms with Crippen LogP contribution in [0.3, 0.4) is 0 Å². The third-order valence-electron chi connectivity index (χ3n) is 3.09. The highest BCUT2D eigenvalue weighted by Crippen LogP contribution is 2.14. The normalized spacial score (nSPS) is 11.7. The molecule has 5 nitrogen and oxygen atoms in total. The van der Waals surface area contributed by atoms with Crippen LogP contribution in [0.4, 0.5) is 5.69 Å². The Kier molecular flexibility index (Phi) is 5.68. The molecule has 0 radical (unpaired) electrons. The second kappa shape index (κ2) is 7.72. The van der Waals surface area contributed by atoms with Gasteiger partial charge in [0.15, 0.2) is 0 Å². The number of benzene rings is 1. The average molecular weight is 318 g/mol. The topological polar surface area (TPSA) is 78.4 Å². The maximum Gasteiger partial charge on any atom is 0.265 e. The number of hydrogen-bond donors (Lipinski definition) is 3. The first kappa shape index (κ1) is 16.2. The fourth-order valence-corrected chi connectivity index (χ4v) is 2.50. The van der Waals surface area contributed by atoms with E-state index in [9.17, 15) is 9.59 Å². The highest BCUT2D eigenvalue weighted by molar-refractivity contribution is 7.12. The minimum atomic E-state index is -0.197. The molecule has 1 heterocycles. The number of thiophene rings is 1. The van der Waals surface area contributed by atoms with Crippen LogP contribution in [-0.4, -0.2) is 29.6 Å². The molecule has 0 saturated carbocycles. The van der Waals surface area contributed by atoms with Gasteiger partial charge in [-0.05, 0) is 49.1 Å². The van der Waals surface area contributed by atoms with Crippen LogP contribution in [-0.2, 0) is 0 Å². The van der Waals surface area contributed by atoms with Crippen LogP contribution in [0.1, 0.15) is 33.4 Å². The summed E-state index contributed by atoms with van der Waals surface area (Å²) in [5.41, 5.74) is 1.15. The van der Waals surface area contributed by atoms with Gasteiger partial charge in [0.1, 0.15) is 0 Å². The third-order valence-corrected chi connectivity index (χ3v) is 3.96. The van der Waals surface area contributed by atoms with Crippen molar-refractivity contribution in [3.05, 3.63) is 52.2 Å². The summed E-state index contributed by atoms with van der Waals surface area (Å²) in [7, 11) is 0. The molecule has 1 aromatic heterocycles. The lowest BCUT2D eigenvalue weighted by Crippen LogP contribution is -2.33. The van der Waals surface area contributed by atoms with Crippen molar-refractivity contribution < 1.29 is 14.7 Å². The summed E-state index contributed by atoms with van der Waals surface area (Å²) in [6.07, 6.45) is 0.515. The number of aliphatic hydroxyl groups excluding tert-OH is 1. The highest BCUT2D eigenvalue weighted by atomic mass is 32.1. The van der Waals surface area contributed by atoms with E-state index in [2.05, 4.69) is 10.6 Å². The smallest absolute Gasteiger partial charge is 0.265 e. The van der Waals surface area contributed by atoms with Gasteiger partial charge in [-0.3, -0.25) is 9.59 Å². The van der Waals surface area contributed by atoms with Gasteiger partial charge < -0.3 is 15.7 Å². The van der Waals surface area contributed by atoms with E-state index in [4.69, 9.17) is 5.11 Å². The van der Waals surface area contributed by atoms with E-state index in [0.29, 0.717) is 22.5 Å². The lowest BCUT2D eigenvalue weighted by atomic mass is 10.1. The molecule has 6 heteroatoms. The first-order chi connectivity index (χ1) is 10.6. The molecule has 0 spiro atoms. The van der Waals surface area contributed by atoms with Gasteiger partial charge in [-0.15, -0.1) is 11.3 Å². The van der Waals surface area contributed by atoms with E-state index in [1.54, 1.807) is 30.3 Å². The van der Waals surface area contributed by atoms with Gasteiger partial charge in [-0.25, -0.2) is 0 Å². The van der Waals surface area contributed by atoms with Crippen LogP contribution in [0.5, 0.6) is 0 Å². The molecule has 2 aromatic rings. The van der Waals surface area contributed by atoms with Gasteiger partial charge in [0.2, 0.25) is 0 Å². The Morgan fingerprint density at radius 2 is 1.91 bits per heavy atom. The summed E-state index contributed by atoms with van der Waals surface area (Å²) in [6, 6.07) is 10.2. The number of anilines is 1. The molecule has 1 aromatic carbocycles. The van der Waals surface area contributed by atoms with Crippen LogP contribution >= 0.6 is 11.3 Å². The summed E-state index contributed by atoms with van der Waals surface area (Å²) >= 11 is 1.37. The van der Waals surface area contributed by atoms with E-state index in [1.807, 2.05) is 18.4 Å². The Labute approximate surface area is 133 Å². The fraction of sp³-hybridized carbons (Fsp3) is 0.250. The van der Waals surface area contributed by atoms with Crippen LogP contribution in [0, 0.1) is 0 Å². The fourth-order valence-electron chi connectivity index (χ4n) is 1.88. The van der Waals surface area contributed by atoms with Crippen LogP contribution in [0.15, 0.2) is 41.8 Å². The van der Waals surface area contributed by atoms with Gasteiger partial charge in [0.05, 0.1) is 4.88 Å². The molecule has 22 heavy (non-hydrogen) atoms. The SMILES string of the molecule is CC(CCO)NC(=O)c1ccc(NC(=O)c2cccs2)cc1. The van der Waals surface area contributed by atoms with Crippen LogP contribution in [0.2, 0.25) is 0 Å². The molecule has 2 amide bonds. The maximum atomic E-state index is 12.0. The number of rotatable bonds is 6. The molecule has 0 aliphatic carbocycles. The summed E-state index contributed by atoms with van der Waals surface area (Å²) in [6.45, 7) is 1.87. The molecule has 0 fully saturated rings. The van der Waals surface area contributed by atoms with Crippen molar-refractivity contribution in [1.82, 2.24) is 5.32 Å². The minimum Gasteiger partial charge on any atom is -0.396 e. The monoisotopic (exact) mass is 318 g/mol. The van der Waals surface area contributed by atoms with Gasteiger partial charge >= 0.3 is 0 Å². The van der Waals surface area contributed by atoms with Crippen molar-refractivity contribution in [1.29, 1.82) is 0 Å². The maximum absolute atomic E-state index is 12.0. The molecule has 0 bridgehead atoms. The average Bonchev–Trinajstić information content (AvgIpc) is 3.02. The molecular formula is C16H18N2O3S. The highest BCUT2D eigenvalue weighted by Gasteiger charge is 2.10. The number of amides is 2. The zero-order valence-electron chi connectivity index (χ0n) is 12.2. The number of carbonyl (C=O) groups excluding carboxylic acids is 2. The summed E-state index contributed by atoms with van der Waals surface area (Å²) in [4.78, 5) is 24.5. The predicted molar refractivity (Wildman–Crippen MR) is 87.3 cm³/mol. The Morgan fingerprint density at radius 3 is 2.50 bits per heavy atom. The minimum absolute atomic E-state index is 0.0368. The second-order valence-corrected chi connectivity index (χ2v) is 5.84. The number of hydrogen-bond acceptors (Lipinski definition) is 4. The number of nitrogens with one attached hydrogen (secondary N) is 2. The summed E-state index contributed by atoms with van der Waals surface area (Å²) in [5, 5.41) is 16.2. The molecule has 0 saturated heterocycles. The van der Waals surface area contributed by atoms with Gasteiger partial charge in [-0.2, -0.15) is 0 Å². The first-order valence-electron chi connectivity index (χ1n) is 6.97. The molecule has 3 N–H and O–H groups in total. The first-order valence-corrected chi connectivity index (χ1v) is 7.84. The summed E-state index contributed by atoms with van der Waals surface area (Å²) < 4.78 is 0. The van der Waals surface area contributed by atoms with Crippen molar-refractivity contribution in [2.24, 2.45) is 0 Å². The number of carbonyl (C=O) groups is 2. The Hall–Kier alpha value is -2.18. The standard InChI is InChI=1S/C16H18N2O3S/c1-11(8-9-19)17-15(20)12-4-6-13(7-5-12)18-16(21)14-3-2-10-22-14/h2-7,10-11,19H,8-9H2,1H3,(H,17,20)(H,18,21). The van der Waals surface area contributed by atoms with Crippen molar-refractivity contribution in [3.8, 4) is 0 Å². The van der Waals surface area contributed by atoms with E-state index in [-0.39, 0.29) is 24.5 Å². The van der Waals surface area contributed by atoms with E-state index >= 15 is 0 Å². The van der Waals surface area contributed by atoms with E-state index in [0.717, 1.165) is 0 Å². The molecule has 2 rings (SSSR count). The zero-order chi connectivity index (χ0) is 15.9. The van der Waals surface area contributed by atoms with Crippen molar-refractivity contribution in [2.45, 2.75) is 19.4 Å². The second-order valence-electron chi connectivity index (χ2n) is 4.90. The Bertz CT molecular complexity index is 623. The summed E-state index contributed by atoms with van der Waals surface area (Å²) in [5.74, 6) is -0.360. The molecule has 0 aliphatic heterocycles. The van der Waals surface area contributed by atoms with Gasteiger partial charge in [0, 0.05) is 23.9 Å². The van der Waals surface area contributed by atoms with Crippen LogP contribution in [0.25, 0.3) is 0 Å². The lowest BCUT2D eigenvalue weighted by molar-refractivity contribution is 0.0934. The predicted octanol–water partition coefficient (Wildman–Crippen LogP) is 2.50. The quantitative estimate of drug-likeness (QED) is 0.766. The van der Waals surface area contributed by atoms with Crippen molar-refractivity contribution in [2.75, 3.05) is 11.9 Å². The largest absolute Gasteiger partial charge is 0.396 e. The van der Waals surface area contributed by atoms with Gasteiger partial charge in [-0.1, -0.05) is 6.07 Å². The van der Waals surface area contributed by atoms with Gasteiger partial charge in [0.25, 0.3) is 11.8 Å². The van der Waals surface area contributed by atoms with Crippen molar-refractivity contribution >= 4 is 28.8 Å².